The Morgan fingerprint density at radius 2 is 1.81 bits per heavy atom. The van der Waals surface area contributed by atoms with Gasteiger partial charge in [0.25, 0.3) is 0 Å². The summed E-state index contributed by atoms with van der Waals surface area (Å²) in [5, 5.41) is 9.92. The first-order valence-electron chi connectivity index (χ1n) is 11.7. The van der Waals surface area contributed by atoms with Gasteiger partial charge in [0.1, 0.15) is 40.9 Å². The molecule has 0 aliphatic heterocycles. The number of aliphatic hydroxyl groups excluding tert-OH is 1. The molecule has 0 radical (unpaired) electrons. The zero-order valence-electron chi connectivity index (χ0n) is 20.5. The SMILES string of the molecule is CC(C)c1cc(=O)c2c(OC(C)c3ccccc3CO)cc(OCc3cncc(C(F)(F)F)c3)cc2o1. The molecule has 1 atom stereocenters. The van der Waals surface area contributed by atoms with Crippen LogP contribution < -0.4 is 14.9 Å². The maximum atomic E-state index is 13.1. The van der Waals surface area contributed by atoms with Gasteiger partial charge in [-0.3, -0.25) is 9.78 Å². The van der Waals surface area contributed by atoms with E-state index in [-0.39, 0.29) is 52.6 Å². The first-order chi connectivity index (χ1) is 17.6. The molecule has 4 aromatic rings. The van der Waals surface area contributed by atoms with E-state index in [1.807, 2.05) is 26.0 Å². The van der Waals surface area contributed by atoms with Crippen LogP contribution in [-0.4, -0.2) is 10.1 Å². The van der Waals surface area contributed by atoms with Crippen molar-refractivity contribution in [2.75, 3.05) is 0 Å². The lowest BCUT2D eigenvalue weighted by Gasteiger charge is -2.20. The average molecular weight is 514 g/mol. The number of fused-ring (bicyclic) bond motifs is 1. The molecule has 0 spiro atoms. The van der Waals surface area contributed by atoms with E-state index in [1.54, 1.807) is 19.1 Å². The van der Waals surface area contributed by atoms with Crippen LogP contribution in [0.4, 0.5) is 13.2 Å². The Kier molecular flexibility index (Phi) is 7.54. The smallest absolute Gasteiger partial charge is 0.417 e. The summed E-state index contributed by atoms with van der Waals surface area (Å²) in [5.74, 6) is 0.851. The van der Waals surface area contributed by atoms with E-state index >= 15 is 0 Å². The van der Waals surface area contributed by atoms with Crippen molar-refractivity contribution < 1.29 is 32.2 Å². The summed E-state index contributed by atoms with van der Waals surface area (Å²) in [4.78, 5) is 16.7. The van der Waals surface area contributed by atoms with Crippen molar-refractivity contribution in [3.8, 4) is 11.5 Å². The van der Waals surface area contributed by atoms with E-state index in [4.69, 9.17) is 13.9 Å². The summed E-state index contributed by atoms with van der Waals surface area (Å²) >= 11 is 0. The number of nitrogens with zero attached hydrogens (tertiary/aromatic N) is 1. The summed E-state index contributed by atoms with van der Waals surface area (Å²) in [5.41, 5.74) is 0.699. The monoisotopic (exact) mass is 513 g/mol. The fourth-order valence-electron chi connectivity index (χ4n) is 3.92. The molecule has 1 unspecified atom stereocenters. The molecule has 0 aliphatic rings. The van der Waals surface area contributed by atoms with Gasteiger partial charge in [-0.15, -0.1) is 0 Å². The number of aliphatic hydroxyl groups is 1. The molecule has 1 N–H and O–H groups in total. The van der Waals surface area contributed by atoms with Crippen LogP contribution in [0, 0.1) is 0 Å². The van der Waals surface area contributed by atoms with Crippen LogP contribution in [-0.2, 0) is 19.4 Å². The lowest BCUT2D eigenvalue weighted by atomic mass is 10.0. The molecule has 6 nitrogen and oxygen atoms in total. The summed E-state index contributed by atoms with van der Waals surface area (Å²) in [6, 6.07) is 12.6. The molecule has 0 aliphatic carbocycles. The second-order valence-corrected chi connectivity index (χ2v) is 8.95. The minimum atomic E-state index is -4.52. The number of rotatable bonds is 8. The molecule has 0 bridgehead atoms. The molecule has 194 valence electrons. The van der Waals surface area contributed by atoms with Crippen molar-refractivity contribution in [2.45, 2.75) is 52.2 Å². The number of pyridine rings is 1. The zero-order valence-corrected chi connectivity index (χ0v) is 20.5. The standard InChI is InChI=1S/C28H26F3NO5/c1-16(2)24-11-23(34)27-25(36-17(3)22-7-5-4-6-19(22)14-33)9-21(10-26(27)37-24)35-15-18-8-20(13-32-12-18)28(29,30)31/h4-13,16-17,33H,14-15H2,1-3H3. The molecule has 2 aromatic carbocycles. The fourth-order valence-corrected chi connectivity index (χ4v) is 3.92. The van der Waals surface area contributed by atoms with Crippen LogP contribution in [0.2, 0.25) is 0 Å². The van der Waals surface area contributed by atoms with Gasteiger partial charge >= 0.3 is 6.18 Å². The van der Waals surface area contributed by atoms with Crippen LogP contribution in [0.1, 0.15) is 60.8 Å². The van der Waals surface area contributed by atoms with E-state index in [2.05, 4.69) is 4.98 Å². The Morgan fingerprint density at radius 1 is 1.05 bits per heavy atom. The highest BCUT2D eigenvalue weighted by Gasteiger charge is 2.31. The van der Waals surface area contributed by atoms with Crippen LogP contribution in [0.3, 0.4) is 0 Å². The topological polar surface area (TPSA) is 81.8 Å². The van der Waals surface area contributed by atoms with Gasteiger partial charge in [0.05, 0.1) is 12.2 Å². The quantitative estimate of drug-likeness (QED) is 0.288. The summed E-state index contributed by atoms with van der Waals surface area (Å²) in [6.45, 7) is 5.18. The third-order valence-electron chi connectivity index (χ3n) is 5.85. The molecule has 0 fully saturated rings. The Hall–Kier alpha value is -3.85. The molecule has 4 rings (SSSR count). The zero-order chi connectivity index (χ0) is 26.7. The second kappa shape index (κ2) is 10.6. The van der Waals surface area contributed by atoms with Gasteiger partial charge < -0.3 is 19.0 Å². The first-order valence-corrected chi connectivity index (χ1v) is 11.7. The third-order valence-corrected chi connectivity index (χ3v) is 5.85. The van der Waals surface area contributed by atoms with Crippen molar-refractivity contribution >= 4 is 11.0 Å². The molecule has 2 heterocycles. The molecule has 37 heavy (non-hydrogen) atoms. The number of ether oxygens (including phenoxy) is 2. The normalized spacial score (nSPS) is 12.6. The molecule has 9 heteroatoms. The summed E-state index contributed by atoms with van der Waals surface area (Å²) in [7, 11) is 0. The van der Waals surface area contributed by atoms with Gasteiger partial charge in [0.2, 0.25) is 0 Å². The molecule has 0 amide bonds. The molecular formula is C28H26F3NO5. The van der Waals surface area contributed by atoms with Gasteiger partial charge in [-0.05, 0) is 24.1 Å². The lowest BCUT2D eigenvalue weighted by Crippen LogP contribution is -2.11. The summed E-state index contributed by atoms with van der Waals surface area (Å²) in [6.07, 6.45) is -3.03. The number of halogens is 3. The van der Waals surface area contributed by atoms with Gasteiger partial charge in [0.15, 0.2) is 5.43 Å². The first kappa shape index (κ1) is 26.2. The summed E-state index contributed by atoms with van der Waals surface area (Å²) < 4.78 is 57.1. The van der Waals surface area contributed by atoms with Crippen LogP contribution >= 0.6 is 0 Å². The highest BCUT2D eigenvalue weighted by Crippen LogP contribution is 2.35. The Labute approximate surface area is 211 Å². The van der Waals surface area contributed by atoms with E-state index in [0.29, 0.717) is 11.3 Å². The van der Waals surface area contributed by atoms with Crippen molar-refractivity contribution in [1.82, 2.24) is 4.98 Å². The van der Waals surface area contributed by atoms with E-state index in [1.165, 1.54) is 24.4 Å². The number of alkyl halides is 3. The average Bonchev–Trinajstić information content (AvgIpc) is 2.86. The van der Waals surface area contributed by atoms with Gasteiger partial charge in [-0.25, -0.2) is 0 Å². The van der Waals surface area contributed by atoms with E-state index in [9.17, 15) is 23.1 Å². The Morgan fingerprint density at radius 3 is 2.51 bits per heavy atom. The highest BCUT2D eigenvalue weighted by molar-refractivity contribution is 5.85. The van der Waals surface area contributed by atoms with Gasteiger partial charge in [-0.2, -0.15) is 13.2 Å². The molecule has 2 aromatic heterocycles. The van der Waals surface area contributed by atoms with Crippen LogP contribution in [0.25, 0.3) is 11.0 Å². The van der Waals surface area contributed by atoms with Gasteiger partial charge in [0, 0.05) is 42.1 Å². The Balaban J connectivity index is 1.73. The Bertz CT molecular complexity index is 1460. The van der Waals surface area contributed by atoms with Crippen LogP contribution in [0.5, 0.6) is 11.5 Å². The fraction of sp³-hybridized carbons (Fsp3) is 0.286. The minimum Gasteiger partial charge on any atom is -0.489 e. The third kappa shape index (κ3) is 5.94. The van der Waals surface area contributed by atoms with E-state index < -0.39 is 17.8 Å². The minimum absolute atomic E-state index is 0.0578. The predicted octanol–water partition coefficient (Wildman–Crippen LogP) is 6.54. The predicted molar refractivity (Wildman–Crippen MR) is 132 cm³/mol. The number of hydrogen-bond acceptors (Lipinski definition) is 6. The molecule has 0 saturated heterocycles. The molecule has 0 saturated carbocycles. The number of aromatic nitrogens is 1. The molecular weight excluding hydrogens is 487 g/mol. The van der Waals surface area contributed by atoms with Crippen molar-refractivity contribution in [2.24, 2.45) is 0 Å². The van der Waals surface area contributed by atoms with Gasteiger partial charge in [-0.1, -0.05) is 38.1 Å². The number of benzene rings is 2. The van der Waals surface area contributed by atoms with E-state index in [0.717, 1.165) is 17.8 Å². The van der Waals surface area contributed by atoms with Crippen molar-refractivity contribution in [3.05, 3.63) is 99.2 Å². The van der Waals surface area contributed by atoms with Crippen LogP contribution in [0.15, 0.2) is 70.1 Å². The number of hydrogen-bond donors (Lipinski definition) is 1. The van der Waals surface area contributed by atoms with Crippen molar-refractivity contribution in [1.29, 1.82) is 0 Å². The lowest BCUT2D eigenvalue weighted by molar-refractivity contribution is -0.137. The maximum absolute atomic E-state index is 13.1. The maximum Gasteiger partial charge on any atom is 0.417 e. The second-order valence-electron chi connectivity index (χ2n) is 8.95. The van der Waals surface area contributed by atoms with Crippen molar-refractivity contribution in [3.63, 3.8) is 0 Å². The highest BCUT2D eigenvalue weighted by atomic mass is 19.4. The largest absolute Gasteiger partial charge is 0.489 e.